The zero-order valence-electron chi connectivity index (χ0n) is 11.9. The van der Waals surface area contributed by atoms with Crippen molar-refractivity contribution in [3.8, 4) is 0 Å². The molecule has 1 aliphatic carbocycles. The van der Waals surface area contributed by atoms with Crippen LogP contribution < -0.4 is 5.32 Å². The van der Waals surface area contributed by atoms with Crippen LogP contribution in [0.5, 0.6) is 0 Å². The molecule has 1 amide bonds. The van der Waals surface area contributed by atoms with Gasteiger partial charge < -0.3 is 10.2 Å². The second kappa shape index (κ2) is 5.66. The fourth-order valence-corrected chi connectivity index (χ4v) is 4.04. The van der Waals surface area contributed by atoms with Gasteiger partial charge in [-0.25, -0.2) is 0 Å². The predicted octanol–water partition coefficient (Wildman–Crippen LogP) is 2.33. The quantitative estimate of drug-likeness (QED) is 0.736. The minimum absolute atomic E-state index is 0.288. The summed E-state index contributed by atoms with van der Waals surface area (Å²) in [5.41, 5.74) is 0.412. The third-order valence-corrected chi connectivity index (χ3v) is 5.22. The molecule has 2 heterocycles. The van der Waals surface area contributed by atoms with Crippen molar-refractivity contribution in [2.45, 2.75) is 44.9 Å². The Balaban J connectivity index is 1.64. The molecular formula is C16H26N2O. The smallest absolute Gasteiger partial charge is 0.225 e. The first kappa shape index (κ1) is 13.2. The number of carbonyl (C=O) groups excluding carboxylic acids is 1. The molecule has 0 aromatic rings. The molecule has 3 nitrogen and oxygen atoms in total. The van der Waals surface area contributed by atoms with Gasteiger partial charge in [-0.05, 0) is 63.5 Å². The van der Waals surface area contributed by atoms with Crippen LogP contribution in [0.3, 0.4) is 0 Å². The molecule has 3 aliphatic rings. The minimum atomic E-state index is 0.288. The molecule has 3 heteroatoms. The summed E-state index contributed by atoms with van der Waals surface area (Å²) >= 11 is 0. The maximum absolute atomic E-state index is 12.7. The molecule has 0 radical (unpaired) electrons. The number of carbonyl (C=O) groups is 1. The first-order valence-electron chi connectivity index (χ1n) is 7.94. The summed E-state index contributed by atoms with van der Waals surface area (Å²) in [6.45, 7) is 4.03. The van der Waals surface area contributed by atoms with Crippen LogP contribution in [-0.2, 0) is 4.79 Å². The van der Waals surface area contributed by atoms with E-state index in [1.54, 1.807) is 0 Å². The van der Waals surface area contributed by atoms with Crippen molar-refractivity contribution in [2.24, 2.45) is 11.3 Å². The molecule has 2 fully saturated rings. The maximum atomic E-state index is 12.7. The van der Waals surface area contributed by atoms with Gasteiger partial charge in [-0.2, -0.15) is 0 Å². The van der Waals surface area contributed by atoms with E-state index in [1.165, 1.54) is 32.1 Å². The van der Waals surface area contributed by atoms with Crippen LogP contribution in [0.15, 0.2) is 12.2 Å². The summed E-state index contributed by atoms with van der Waals surface area (Å²) in [5.74, 6) is 0.727. The zero-order chi connectivity index (χ0) is 13.1. The van der Waals surface area contributed by atoms with E-state index in [4.69, 9.17) is 0 Å². The molecule has 0 aromatic heterocycles. The van der Waals surface area contributed by atoms with E-state index < -0.39 is 0 Å². The summed E-state index contributed by atoms with van der Waals surface area (Å²) in [6, 6.07) is 0. The fourth-order valence-electron chi connectivity index (χ4n) is 4.04. The van der Waals surface area contributed by atoms with Crippen molar-refractivity contribution in [1.82, 2.24) is 10.2 Å². The van der Waals surface area contributed by atoms with Gasteiger partial charge >= 0.3 is 0 Å². The number of likely N-dealkylation sites (tertiary alicyclic amines) is 1. The van der Waals surface area contributed by atoms with Crippen LogP contribution in [-0.4, -0.2) is 37.0 Å². The molecule has 19 heavy (non-hydrogen) atoms. The number of hydrogen-bond acceptors (Lipinski definition) is 2. The Morgan fingerprint density at radius 1 is 1.21 bits per heavy atom. The molecule has 1 unspecified atom stereocenters. The highest BCUT2D eigenvalue weighted by Crippen LogP contribution is 2.41. The molecule has 0 saturated carbocycles. The van der Waals surface area contributed by atoms with Gasteiger partial charge in [0.05, 0.1) is 0 Å². The highest BCUT2D eigenvalue weighted by atomic mass is 16.2. The van der Waals surface area contributed by atoms with Crippen molar-refractivity contribution in [1.29, 1.82) is 0 Å². The van der Waals surface area contributed by atoms with E-state index in [-0.39, 0.29) is 5.92 Å². The Hall–Kier alpha value is -0.830. The van der Waals surface area contributed by atoms with Gasteiger partial charge in [0.1, 0.15) is 0 Å². The lowest BCUT2D eigenvalue weighted by Crippen LogP contribution is -2.49. The second-order valence-electron chi connectivity index (χ2n) is 6.60. The molecule has 0 bridgehead atoms. The summed E-state index contributed by atoms with van der Waals surface area (Å²) in [7, 11) is 0. The van der Waals surface area contributed by atoms with E-state index in [2.05, 4.69) is 22.4 Å². The number of amides is 1. The van der Waals surface area contributed by atoms with Gasteiger partial charge in [-0.15, -0.1) is 0 Å². The summed E-state index contributed by atoms with van der Waals surface area (Å²) in [4.78, 5) is 14.9. The Morgan fingerprint density at radius 3 is 2.79 bits per heavy atom. The third kappa shape index (κ3) is 2.86. The van der Waals surface area contributed by atoms with Gasteiger partial charge in [0.25, 0.3) is 0 Å². The lowest BCUT2D eigenvalue weighted by atomic mass is 9.71. The Kier molecular flexibility index (Phi) is 3.92. The predicted molar refractivity (Wildman–Crippen MR) is 76.8 cm³/mol. The highest BCUT2D eigenvalue weighted by Gasteiger charge is 2.38. The van der Waals surface area contributed by atoms with Gasteiger partial charge in [0.2, 0.25) is 5.91 Å². The van der Waals surface area contributed by atoms with E-state index in [0.717, 1.165) is 39.0 Å². The van der Waals surface area contributed by atoms with Crippen LogP contribution in [0, 0.1) is 11.3 Å². The van der Waals surface area contributed by atoms with Crippen LogP contribution in [0.1, 0.15) is 44.9 Å². The van der Waals surface area contributed by atoms with Crippen molar-refractivity contribution < 1.29 is 4.79 Å². The largest absolute Gasteiger partial charge is 0.342 e. The molecule has 2 aliphatic heterocycles. The SMILES string of the molecule is O=C(C1CCNCC1)N1CCCC2(CC=CCC2)C1. The van der Waals surface area contributed by atoms with Gasteiger partial charge in [0, 0.05) is 19.0 Å². The van der Waals surface area contributed by atoms with Crippen molar-refractivity contribution in [2.75, 3.05) is 26.2 Å². The molecule has 2 saturated heterocycles. The fraction of sp³-hybridized carbons (Fsp3) is 0.812. The molecule has 106 valence electrons. The van der Waals surface area contributed by atoms with Gasteiger partial charge in [0.15, 0.2) is 0 Å². The normalized spacial score (nSPS) is 32.7. The average Bonchev–Trinajstić information content (AvgIpc) is 2.48. The Labute approximate surface area is 116 Å². The lowest BCUT2D eigenvalue weighted by Gasteiger charge is -2.45. The zero-order valence-corrected chi connectivity index (χ0v) is 11.9. The molecular weight excluding hydrogens is 236 g/mol. The van der Waals surface area contributed by atoms with Crippen molar-refractivity contribution in [3.63, 3.8) is 0 Å². The molecule has 1 spiro atoms. The summed E-state index contributed by atoms with van der Waals surface area (Å²) < 4.78 is 0. The number of nitrogens with zero attached hydrogens (tertiary/aromatic N) is 1. The van der Waals surface area contributed by atoms with Crippen LogP contribution in [0.4, 0.5) is 0 Å². The highest BCUT2D eigenvalue weighted by molar-refractivity contribution is 5.79. The molecule has 3 rings (SSSR count). The maximum Gasteiger partial charge on any atom is 0.225 e. The van der Waals surface area contributed by atoms with Gasteiger partial charge in [-0.3, -0.25) is 4.79 Å². The first-order valence-corrected chi connectivity index (χ1v) is 7.94. The van der Waals surface area contributed by atoms with Crippen LogP contribution >= 0.6 is 0 Å². The number of hydrogen-bond donors (Lipinski definition) is 1. The molecule has 1 N–H and O–H groups in total. The Bertz CT molecular complexity index is 360. The average molecular weight is 262 g/mol. The number of rotatable bonds is 1. The summed E-state index contributed by atoms with van der Waals surface area (Å²) in [5, 5.41) is 3.35. The number of allylic oxidation sites excluding steroid dienone is 2. The number of nitrogens with one attached hydrogen (secondary N) is 1. The third-order valence-electron chi connectivity index (χ3n) is 5.22. The standard InChI is InChI=1S/C16H26N2O/c19-15(14-5-10-17-11-6-14)18-12-4-9-16(13-18)7-2-1-3-8-16/h1-2,14,17H,3-13H2. The van der Waals surface area contributed by atoms with Crippen LogP contribution in [0.2, 0.25) is 0 Å². The van der Waals surface area contributed by atoms with E-state index in [9.17, 15) is 4.79 Å². The Morgan fingerprint density at radius 2 is 2.05 bits per heavy atom. The molecule has 0 aromatic carbocycles. The lowest BCUT2D eigenvalue weighted by molar-refractivity contribution is -0.140. The van der Waals surface area contributed by atoms with E-state index in [0.29, 0.717) is 11.3 Å². The summed E-state index contributed by atoms with van der Waals surface area (Å²) in [6.07, 6.45) is 12.9. The number of piperidine rings is 2. The van der Waals surface area contributed by atoms with E-state index in [1.807, 2.05) is 0 Å². The van der Waals surface area contributed by atoms with Crippen molar-refractivity contribution in [3.05, 3.63) is 12.2 Å². The second-order valence-corrected chi connectivity index (χ2v) is 6.60. The topological polar surface area (TPSA) is 32.3 Å². The van der Waals surface area contributed by atoms with Crippen LogP contribution in [0.25, 0.3) is 0 Å². The monoisotopic (exact) mass is 262 g/mol. The van der Waals surface area contributed by atoms with Gasteiger partial charge in [-0.1, -0.05) is 12.2 Å². The van der Waals surface area contributed by atoms with Crippen molar-refractivity contribution >= 4 is 5.91 Å². The minimum Gasteiger partial charge on any atom is -0.342 e. The van der Waals surface area contributed by atoms with E-state index >= 15 is 0 Å². The first-order chi connectivity index (χ1) is 9.29. The molecule has 1 atom stereocenters.